The number of nitrogens with one attached hydrogen (secondary N) is 1. The van der Waals surface area contributed by atoms with Crippen LogP contribution >= 0.6 is 0 Å². The first-order valence-electron chi connectivity index (χ1n) is 6.40. The maximum Gasteiger partial charge on any atom is 0.261 e. The summed E-state index contributed by atoms with van der Waals surface area (Å²) in [6, 6.07) is 1.58. The highest BCUT2D eigenvalue weighted by molar-refractivity contribution is 5.76. The third kappa shape index (κ3) is 2.10. The fourth-order valence-electron chi connectivity index (χ4n) is 2.61. The molecule has 2 aromatic rings. The van der Waals surface area contributed by atoms with Crippen molar-refractivity contribution in [1.29, 1.82) is 0 Å². The monoisotopic (exact) mass is 296 g/mol. The number of ether oxygens (including phenoxy) is 2. The molecule has 21 heavy (non-hydrogen) atoms. The summed E-state index contributed by atoms with van der Waals surface area (Å²) in [6.45, 7) is -0.340. The van der Waals surface area contributed by atoms with Gasteiger partial charge >= 0.3 is 0 Å². The second-order valence-corrected chi connectivity index (χ2v) is 4.85. The van der Waals surface area contributed by atoms with Crippen LogP contribution in [-0.4, -0.2) is 56.8 Å². The molecule has 0 aliphatic carbocycles. The molecule has 9 heteroatoms. The number of fused-ring (bicyclic) bond motifs is 1. The first-order chi connectivity index (χ1) is 10.1. The fraction of sp³-hybridized carbons (Fsp3) is 0.500. The average molecular weight is 296 g/mol. The lowest BCUT2D eigenvalue weighted by Gasteiger charge is -2.20. The van der Waals surface area contributed by atoms with E-state index in [1.165, 1.54) is 7.11 Å². The lowest BCUT2D eigenvalue weighted by molar-refractivity contribution is -0.0580. The van der Waals surface area contributed by atoms with E-state index in [4.69, 9.17) is 15.2 Å². The topological polar surface area (TPSA) is 136 Å². The van der Waals surface area contributed by atoms with Crippen molar-refractivity contribution in [2.75, 3.05) is 19.5 Å². The van der Waals surface area contributed by atoms with E-state index in [9.17, 15) is 15.0 Å². The molecule has 9 nitrogen and oxygen atoms in total. The van der Waals surface area contributed by atoms with Crippen LogP contribution in [0.25, 0.3) is 11.0 Å². The Morgan fingerprint density at radius 3 is 3.05 bits per heavy atom. The maximum atomic E-state index is 11.8. The molecule has 1 unspecified atom stereocenters. The molecule has 0 bridgehead atoms. The molecular formula is C12H16N4O5. The third-order valence-corrected chi connectivity index (χ3v) is 3.64. The van der Waals surface area contributed by atoms with Gasteiger partial charge in [-0.15, -0.1) is 0 Å². The molecular weight excluding hydrogens is 280 g/mol. The van der Waals surface area contributed by atoms with Crippen molar-refractivity contribution in [2.24, 2.45) is 0 Å². The van der Waals surface area contributed by atoms with E-state index in [1.807, 2.05) is 0 Å². The highest BCUT2D eigenvalue weighted by Crippen LogP contribution is 2.33. The van der Waals surface area contributed by atoms with Crippen molar-refractivity contribution >= 4 is 17.0 Å². The van der Waals surface area contributed by atoms with E-state index in [0.717, 1.165) is 0 Å². The Balaban J connectivity index is 2.10. The van der Waals surface area contributed by atoms with Gasteiger partial charge in [0.1, 0.15) is 18.3 Å². The summed E-state index contributed by atoms with van der Waals surface area (Å²) < 4.78 is 12.4. The van der Waals surface area contributed by atoms with E-state index in [2.05, 4.69) is 9.97 Å². The molecule has 2 aromatic heterocycles. The number of nitrogens with two attached hydrogens (primary N) is 1. The van der Waals surface area contributed by atoms with Gasteiger partial charge in [-0.2, -0.15) is 4.98 Å². The Kier molecular flexibility index (Phi) is 3.41. The summed E-state index contributed by atoms with van der Waals surface area (Å²) in [5.41, 5.74) is 5.53. The Bertz CT molecular complexity index is 711. The normalized spacial score (nSPS) is 29.3. The predicted molar refractivity (Wildman–Crippen MR) is 72.6 cm³/mol. The maximum absolute atomic E-state index is 11.8. The number of hydrogen-bond acceptors (Lipinski definition) is 7. The predicted octanol–water partition coefficient (Wildman–Crippen LogP) is -1.43. The molecule has 0 radical (unpaired) electrons. The number of anilines is 1. The largest absolute Gasteiger partial charge is 0.394 e. The quantitative estimate of drug-likeness (QED) is 0.545. The number of nitrogen functional groups attached to an aromatic ring is 1. The van der Waals surface area contributed by atoms with Gasteiger partial charge in [0.2, 0.25) is 5.95 Å². The molecule has 1 saturated heterocycles. The van der Waals surface area contributed by atoms with Crippen LogP contribution in [0.2, 0.25) is 0 Å². The van der Waals surface area contributed by atoms with Gasteiger partial charge in [0.25, 0.3) is 5.56 Å². The van der Waals surface area contributed by atoms with Gasteiger partial charge in [0.15, 0.2) is 11.9 Å². The number of nitrogens with zero attached hydrogens (tertiary/aromatic N) is 2. The number of aromatic nitrogens is 3. The summed E-state index contributed by atoms with van der Waals surface area (Å²) in [6.07, 6.45) is -1.55. The van der Waals surface area contributed by atoms with Gasteiger partial charge in [0, 0.05) is 13.3 Å². The summed E-state index contributed by atoms with van der Waals surface area (Å²) in [5.74, 6) is -0.0151. The molecule has 3 heterocycles. The standard InChI is InChI=1S/C12H16N4O5/c1-20-8-7(18)6(4-17)21-11(8)16-3-2-5-9(16)14-12(13)15-10(5)19/h2-3,6-8,11,17-18H,4H2,1H3,(H3,13,14,15,19)/t6-,7?,8-,11-/m1/s1. The minimum absolute atomic E-state index is 0.0151. The van der Waals surface area contributed by atoms with Crippen molar-refractivity contribution in [2.45, 2.75) is 24.5 Å². The molecule has 0 aromatic carbocycles. The van der Waals surface area contributed by atoms with Gasteiger partial charge in [-0.05, 0) is 6.07 Å². The smallest absolute Gasteiger partial charge is 0.261 e. The zero-order valence-corrected chi connectivity index (χ0v) is 11.3. The molecule has 0 spiro atoms. The van der Waals surface area contributed by atoms with Crippen LogP contribution in [0.5, 0.6) is 0 Å². The summed E-state index contributed by atoms with van der Waals surface area (Å²) in [4.78, 5) is 18.3. The second kappa shape index (κ2) is 5.11. The first kappa shape index (κ1) is 14.0. The van der Waals surface area contributed by atoms with Crippen molar-refractivity contribution < 1.29 is 19.7 Å². The Morgan fingerprint density at radius 2 is 2.38 bits per heavy atom. The highest BCUT2D eigenvalue weighted by Gasteiger charge is 2.45. The van der Waals surface area contributed by atoms with Crippen LogP contribution in [0.4, 0.5) is 5.95 Å². The zero-order chi connectivity index (χ0) is 15.1. The van der Waals surface area contributed by atoms with Crippen molar-refractivity contribution in [1.82, 2.24) is 14.5 Å². The van der Waals surface area contributed by atoms with E-state index >= 15 is 0 Å². The second-order valence-electron chi connectivity index (χ2n) is 4.85. The van der Waals surface area contributed by atoms with E-state index in [1.54, 1.807) is 16.8 Å². The van der Waals surface area contributed by atoms with E-state index < -0.39 is 24.5 Å². The van der Waals surface area contributed by atoms with Crippen molar-refractivity contribution in [3.8, 4) is 0 Å². The summed E-state index contributed by atoms with van der Waals surface area (Å²) in [7, 11) is 1.43. The minimum Gasteiger partial charge on any atom is -0.394 e. The Hall–Kier alpha value is -1.94. The van der Waals surface area contributed by atoms with E-state index in [-0.39, 0.29) is 18.1 Å². The van der Waals surface area contributed by atoms with Crippen LogP contribution < -0.4 is 11.3 Å². The molecule has 1 aliphatic rings. The van der Waals surface area contributed by atoms with Crippen LogP contribution in [0, 0.1) is 0 Å². The fourth-order valence-corrected chi connectivity index (χ4v) is 2.61. The lowest BCUT2D eigenvalue weighted by atomic mass is 10.1. The SMILES string of the molecule is CO[C@@H]1C(O)[C@@H](CO)O[C@H]1n1ccc2c(=O)[nH]c(N)nc21. The number of aromatic amines is 1. The molecule has 3 rings (SSSR count). The molecule has 5 N–H and O–H groups in total. The number of H-pyrrole nitrogens is 1. The number of aliphatic hydroxyl groups is 2. The molecule has 1 aliphatic heterocycles. The van der Waals surface area contributed by atoms with E-state index in [0.29, 0.717) is 11.0 Å². The minimum atomic E-state index is -0.984. The average Bonchev–Trinajstić information content (AvgIpc) is 2.99. The third-order valence-electron chi connectivity index (χ3n) is 3.64. The van der Waals surface area contributed by atoms with Gasteiger partial charge in [-0.3, -0.25) is 9.78 Å². The molecule has 0 saturated carbocycles. The van der Waals surface area contributed by atoms with Crippen molar-refractivity contribution in [3.05, 3.63) is 22.6 Å². The molecule has 1 fully saturated rings. The van der Waals surface area contributed by atoms with Crippen LogP contribution in [-0.2, 0) is 9.47 Å². The van der Waals surface area contributed by atoms with Gasteiger partial charge in [0.05, 0.1) is 12.0 Å². The highest BCUT2D eigenvalue weighted by atomic mass is 16.6. The zero-order valence-electron chi connectivity index (χ0n) is 11.3. The Labute approximate surface area is 118 Å². The number of methoxy groups -OCH3 is 1. The number of aliphatic hydroxyl groups excluding tert-OH is 2. The van der Waals surface area contributed by atoms with Crippen LogP contribution in [0.3, 0.4) is 0 Å². The first-order valence-corrected chi connectivity index (χ1v) is 6.40. The summed E-state index contributed by atoms with van der Waals surface area (Å²) >= 11 is 0. The van der Waals surface area contributed by atoms with Crippen LogP contribution in [0.15, 0.2) is 17.1 Å². The van der Waals surface area contributed by atoms with Crippen molar-refractivity contribution in [3.63, 3.8) is 0 Å². The summed E-state index contributed by atoms with van der Waals surface area (Å²) in [5, 5.41) is 19.6. The van der Waals surface area contributed by atoms with Gasteiger partial charge < -0.3 is 30.0 Å². The Morgan fingerprint density at radius 1 is 1.62 bits per heavy atom. The molecule has 4 atom stereocenters. The molecule has 114 valence electrons. The number of hydrogen-bond donors (Lipinski definition) is 4. The van der Waals surface area contributed by atoms with Gasteiger partial charge in [-0.25, -0.2) is 0 Å². The lowest BCUT2D eigenvalue weighted by Crippen LogP contribution is -2.34. The van der Waals surface area contributed by atoms with Crippen LogP contribution in [0.1, 0.15) is 6.23 Å². The van der Waals surface area contributed by atoms with Gasteiger partial charge in [-0.1, -0.05) is 0 Å². The number of rotatable bonds is 3. The molecule has 0 amide bonds.